The molecule has 4 heteroatoms. The van der Waals surface area contributed by atoms with Gasteiger partial charge in [-0.2, -0.15) is 0 Å². The van der Waals surface area contributed by atoms with Gasteiger partial charge in [0.25, 0.3) is 0 Å². The molecule has 0 amide bonds. The molecule has 0 aliphatic rings. The van der Waals surface area contributed by atoms with E-state index in [-0.39, 0.29) is 0 Å². The fourth-order valence-electron chi connectivity index (χ4n) is 8.54. The minimum Gasteiger partial charge on any atom is -0.311 e. The number of rotatable bonds is 8. The second-order valence-electron chi connectivity index (χ2n) is 14.6. The Kier molecular flexibility index (Phi) is 8.34. The van der Waals surface area contributed by atoms with Gasteiger partial charge in [-0.25, -0.2) is 0 Å². The highest BCUT2D eigenvalue weighted by Crippen LogP contribution is 2.46. The van der Waals surface area contributed by atoms with Crippen LogP contribution in [0.3, 0.4) is 0 Å². The van der Waals surface area contributed by atoms with E-state index in [1.54, 1.807) is 0 Å². The van der Waals surface area contributed by atoms with Crippen molar-refractivity contribution >= 4 is 87.4 Å². The minimum absolute atomic E-state index is 1.10. The van der Waals surface area contributed by atoms with Crippen LogP contribution in [0, 0.1) is 0 Å². The molecule has 0 N–H and O–H groups in total. The van der Waals surface area contributed by atoms with Crippen LogP contribution in [0.1, 0.15) is 0 Å². The monoisotopic (exact) mass is 759 g/mol. The normalized spacial score (nSPS) is 11.4. The maximum absolute atomic E-state index is 2.42. The van der Waals surface area contributed by atoms with Gasteiger partial charge in [0.2, 0.25) is 0 Å². The molecule has 0 fully saturated rings. The lowest BCUT2D eigenvalue weighted by Crippen LogP contribution is -2.10. The third-order valence-electron chi connectivity index (χ3n) is 11.2. The van der Waals surface area contributed by atoms with Crippen LogP contribution < -0.4 is 9.80 Å². The Bertz CT molecular complexity index is 3150. The average molecular weight is 760 g/mol. The van der Waals surface area contributed by atoms with Gasteiger partial charge in [0.15, 0.2) is 0 Å². The molecule has 0 saturated heterocycles. The summed E-state index contributed by atoms with van der Waals surface area (Å²) < 4.78 is 5.04. The third kappa shape index (κ3) is 5.82. The van der Waals surface area contributed by atoms with Crippen molar-refractivity contribution in [3.63, 3.8) is 0 Å². The van der Waals surface area contributed by atoms with E-state index in [1.807, 2.05) is 11.3 Å². The molecule has 274 valence electrons. The molecule has 2 aromatic heterocycles. The topological polar surface area (TPSA) is 11.4 Å². The first kappa shape index (κ1) is 33.9. The van der Waals surface area contributed by atoms with E-state index >= 15 is 0 Å². The molecule has 9 aromatic carbocycles. The van der Waals surface area contributed by atoms with Gasteiger partial charge in [0.1, 0.15) is 0 Å². The molecule has 0 aliphatic carbocycles. The van der Waals surface area contributed by atoms with Crippen LogP contribution in [0.2, 0.25) is 0 Å². The molecule has 0 atom stereocenters. The van der Waals surface area contributed by atoms with Gasteiger partial charge in [-0.05, 0) is 120 Å². The summed E-state index contributed by atoms with van der Waals surface area (Å²) in [7, 11) is 0. The Labute approximate surface area is 341 Å². The average Bonchev–Trinajstić information content (AvgIpc) is 3.84. The van der Waals surface area contributed by atoms with Gasteiger partial charge in [0, 0.05) is 70.8 Å². The van der Waals surface area contributed by atoms with Crippen molar-refractivity contribution in [2.45, 2.75) is 0 Å². The number of hydrogen-bond donors (Lipinski definition) is 0. The SMILES string of the molecule is c1ccc(N(c2ccccc2)c2ccc(-c3ccc(N(c4ccccc4)c4ccc5c(c4)c4c6c(ccc4n5-c4ccccc4)sc4ccccc46)cc3)cc2)cc1. The maximum Gasteiger partial charge on any atom is 0.0548 e. The van der Waals surface area contributed by atoms with Crippen LogP contribution in [-0.2, 0) is 0 Å². The van der Waals surface area contributed by atoms with E-state index in [2.05, 4.69) is 239 Å². The third-order valence-corrected chi connectivity index (χ3v) is 12.3. The molecule has 2 heterocycles. The summed E-state index contributed by atoms with van der Waals surface area (Å²) in [5.41, 5.74) is 12.6. The molecular formula is C54H37N3S. The fraction of sp³-hybridized carbons (Fsp3) is 0. The van der Waals surface area contributed by atoms with E-state index in [4.69, 9.17) is 0 Å². The van der Waals surface area contributed by atoms with Crippen molar-refractivity contribution in [1.29, 1.82) is 0 Å². The molecule has 3 nitrogen and oxygen atoms in total. The van der Waals surface area contributed by atoms with Crippen molar-refractivity contribution in [2.24, 2.45) is 0 Å². The van der Waals surface area contributed by atoms with Gasteiger partial charge < -0.3 is 14.4 Å². The van der Waals surface area contributed by atoms with Crippen molar-refractivity contribution in [3.8, 4) is 16.8 Å². The predicted molar refractivity (Wildman–Crippen MR) is 248 cm³/mol. The van der Waals surface area contributed by atoms with Crippen molar-refractivity contribution in [2.75, 3.05) is 9.80 Å². The van der Waals surface area contributed by atoms with Crippen molar-refractivity contribution in [1.82, 2.24) is 4.57 Å². The van der Waals surface area contributed by atoms with E-state index in [0.717, 1.165) is 39.8 Å². The molecule has 0 radical (unpaired) electrons. The number of fused-ring (bicyclic) bond motifs is 7. The lowest BCUT2D eigenvalue weighted by molar-refractivity contribution is 1.18. The van der Waals surface area contributed by atoms with Crippen LogP contribution in [0.4, 0.5) is 34.1 Å². The summed E-state index contributed by atoms with van der Waals surface area (Å²) >= 11 is 1.87. The smallest absolute Gasteiger partial charge is 0.0548 e. The molecule has 0 spiro atoms. The fourth-order valence-corrected chi connectivity index (χ4v) is 9.65. The van der Waals surface area contributed by atoms with Crippen LogP contribution >= 0.6 is 11.3 Å². The Morgan fingerprint density at radius 2 is 0.759 bits per heavy atom. The maximum atomic E-state index is 2.42. The summed E-state index contributed by atoms with van der Waals surface area (Å²) in [4.78, 5) is 4.67. The first-order valence-electron chi connectivity index (χ1n) is 19.7. The van der Waals surface area contributed by atoms with E-state index in [0.29, 0.717) is 0 Å². The van der Waals surface area contributed by atoms with Crippen LogP contribution in [-0.4, -0.2) is 4.57 Å². The number of aromatic nitrogens is 1. The number of benzene rings is 9. The summed E-state index contributed by atoms with van der Waals surface area (Å²) in [5, 5.41) is 5.16. The highest BCUT2D eigenvalue weighted by atomic mass is 32.1. The largest absolute Gasteiger partial charge is 0.311 e. The number of nitrogens with zero attached hydrogens (tertiary/aromatic N) is 3. The minimum atomic E-state index is 1.10. The number of anilines is 6. The van der Waals surface area contributed by atoms with Crippen molar-refractivity contribution < 1.29 is 0 Å². The van der Waals surface area contributed by atoms with Crippen LogP contribution in [0.5, 0.6) is 0 Å². The Balaban J connectivity index is 1.02. The Hall–Kier alpha value is -7.40. The van der Waals surface area contributed by atoms with E-state index in [9.17, 15) is 0 Å². The standard InChI is InChI=1S/C54H37N3S/c1-5-15-40(16-6-1)55(41-17-7-2-8-18-41)44-29-25-38(26-30-44)39-27-31-45(32-28-39)56(42-19-9-3-10-20-42)46-33-34-49-48(37-46)53-50(57(49)43-21-11-4-12-22-43)35-36-52-54(53)47-23-13-14-24-51(47)58-52/h1-37H. The van der Waals surface area contributed by atoms with E-state index in [1.165, 1.54) is 53.1 Å². The lowest BCUT2D eigenvalue weighted by Gasteiger charge is -2.26. The van der Waals surface area contributed by atoms with Gasteiger partial charge in [-0.1, -0.05) is 115 Å². The molecule has 0 unspecified atom stereocenters. The second-order valence-corrected chi connectivity index (χ2v) is 15.7. The quantitative estimate of drug-likeness (QED) is 0.153. The molecule has 0 bridgehead atoms. The predicted octanol–water partition coefficient (Wildman–Crippen LogP) is 15.8. The zero-order valence-electron chi connectivity index (χ0n) is 31.6. The van der Waals surface area contributed by atoms with Gasteiger partial charge in [-0.15, -0.1) is 11.3 Å². The summed E-state index contributed by atoms with van der Waals surface area (Å²) in [6, 6.07) is 80.8. The first-order chi connectivity index (χ1) is 28.8. The number of hydrogen-bond acceptors (Lipinski definition) is 3. The molecular weight excluding hydrogens is 723 g/mol. The number of para-hydroxylation sites is 4. The molecule has 0 saturated carbocycles. The highest BCUT2D eigenvalue weighted by Gasteiger charge is 2.21. The van der Waals surface area contributed by atoms with Gasteiger partial charge in [0.05, 0.1) is 11.0 Å². The highest BCUT2D eigenvalue weighted by molar-refractivity contribution is 7.26. The van der Waals surface area contributed by atoms with E-state index < -0.39 is 0 Å². The molecule has 58 heavy (non-hydrogen) atoms. The first-order valence-corrected chi connectivity index (χ1v) is 20.5. The zero-order chi connectivity index (χ0) is 38.4. The molecule has 11 rings (SSSR count). The van der Waals surface area contributed by atoms with Crippen LogP contribution in [0.25, 0.3) is 58.8 Å². The van der Waals surface area contributed by atoms with Gasteiger partial charge >= 0.3 is 0 Å². The molecule has 0 aliphatic heterocycles. The second kappa shape index (κ2) is 14.3. The van der Waals surface area contributed by atoms with Crippen LogP contribution in [0.15, 0.2) is 224 Å². The summed E-state index contributed by atoms with van der Waals surface area (Å²) in [6.07, 6.45) is 0. The zero-order valence-corrected chi connectivity index (χ0v) is 32.4. The van der Waals surface area contributed by atoms with Gasteiger partial charge in [-0.3, -0.25) is 0 Å². The summed E-state index contributed by atoms with van der Waals surface area (Å²) in [6.45, 7) is 0. The Morgan fingerprint density at radius 1 is 0.310 bits per heavy atom. The Morgan fingerprint density at radius 3 is 1.33 bits per heavy atom. The molecule has 11 aromatic rings. The summed E-state index contributed by atoms with van der Waals surface area (Å²) in [5.74, 6) is 0. The van der Waals surface area contributed by atoms with Crippen molar-refractivity contribution in [3.05, 3.63) is 224 Å². The number of thiophene rings is 1. The lowest BCUT2D eigenvalue weighted by atomic mass is 10.0.